The molecule has 5 nitrogen and oxygen atoms in total. The molecule has 3 rings (SSSR count). The SMILES string of the molecule is CCSCC(=O)N(C)c1ccc(C(=O)N2CCN(CCc3ccc(Cl)cc3)CC2)cc1.Cl. The maximum Gasteiger partial charge on any atom is 0.253 e. The number of carbonyl (C=O) groups excluding carboxylic acids is 2. The van der Waals surface area contributed by atoms with Crippen LogP contribution in [0.15, 0.2) is 48.5 Å². The summed E-state index contributed by atoms with van der Waals surface area (Å²) in [5.41, 5.74) is 2.76. The van der Waals surface area contributed by atoms with Crippen molar-refractivity contribution in [2.24, 2.45) is 0 Å². The zero-order valence-electron chi connectivity index (χ0n) is 18.6. The molecule has 0 bridgehead atoms. The molecule has 0 unspecified atom stereocenters. The molecule has 0 N–H and O–H groups in total. The first kappa shape index (κ1) is 26.5. The van der Waals surface area contributed by atoms with Crippen LogP contribution in [0.5, 0.6) is 0 Å². The van der Waals surface area contributed by atoms with Gasteiger partial charge in [-0.3, -0.25) is 14.5 Å². The summed E-state index contributed by atoms with van der Waals surface area (Å²) >= 11 is 7.55. The third-order valence-corrected chi connectivity index (χ3v) is 6.71. The Morgan fingerprint density at radius 3 is 2.22 bits per heavy atom. The van der Waals surface area contributed by atoms with Crippen molar-refractivity contribution < 1.29 is 9.59 Å². The molecule has 1 aliphatic heterocycles. The van der Waals surface area contributed by atoms with Crippen molar-refractivity contribution in [3.8, 4) is 0 Å². The normalized spacial score (nSPS) is 14.0. The van der Waals surface area contributed by atoms with Crippen LogP contribution in [0.25, 0.3) is 0 Å². The summed E-state index contributed by atoms with van der Waals surface area (Å²) in [6, 6.07) is 15.3. The fraction of sp³-hybridized carbons (Fsp3) is 0.417. The van der Waals surface area contributed by atoms with Gasteiger partial charge in [0.25, 0.3) is 5.91 Å². The number of halogens is 2. The van der Waals surface area contributed by atoms with Gasteiger partial charge in [-0.1, -0.05) is 30.7 Å². The van der Waals surface area contributed by atoms with Crippen LogP contribution < -0.4 is 4.90 Å². The molecule has 2 aromatic carbocycles. The van der Waals surface area contributed by atoms with E-state index in [2.05, 4.69) is 17.0 Å². The Bertz CT molecular complexity index is 870. The number of thioether (sulfide) groups is 1. The van der Waals surface area contributed by atoms with Gasteiger partial charge >= 0.3 is 0 Å². The monoisotopic (exact) mass is 495 g/mol. The van der Waals surface area contributed by atoms with Crippen LogP contribution in [0.2, 0.25) is 5.02 Å². The molecule has 2 amide bonds. The van der Waals surface area contributed by atoms with Crippen LogP contribution in [0, 0.1) is 0 Å². The highest BCUT2D eigenvalue weighted by Crippen LogP contribution is 2.17. The second-order valence-electron chi connectivity index (χ2n) is 7.65. The summed E-state index contributed by atoms with van der Waals surface area (Å²) in [6.45, 7) is 6.24. The molecule has 1 fully saturated rings. The highest BCUT2D eigenvalue weighted by molar-refractivity contribution is 7.99. The quantitative estimate of drug-likeness (QED) is 0.541. The topological polar surface area (TPSA) is 43.9 Å². The molecule has 8 heteroatoms. The molecule has 1 heterocycles. The third kappa shape index (κ3) is 7.41. The Labute approximate surface area is 206 Å². The van der Waals surface area contributed by atoms with E-state index in [4.69, 9.17) is 11.6 Å². The average molecular weight is 497 g/mol. The van der Waals surface area contributed by atoms with Gasteiger partial charge in [0, 0.05) is 56.0 Å². The molecule has 0 radical (unpaired) electrons. The maximum absolute atomic E-state index is 12.9. The lowest BCUT2D eigenvalue weighted by Gasteiger charge is -2.34. The smallest absolute Gasteiger partial charge is 0.253 e. The Kier molecular flexibility index (Phi) is 10.9. The summed E-state index contributed by atoms with van der Waals surface area (Å²) in [6.07, 6.45) is 0.982. The first-order valence-corrected chi connectivity index (χ1v) is 12.2. The van der Waals surface area contributed by atoms with Crippen molar-refractivity contribution in [1.82, 2.24) is 9.80 Å². The van der Waals surface area contributed by atoms with Crippen molar-refractivity contribution in [3.63, 3.8) is 0 Å². The third-order valence-electron chi connectivity index (χ3n) is 5.59. The van der Waals surface area contributed by atoms with Crippen LogP contribution in [-0.4, -0.2) is 72.9 Å². The van der Waals surface area contributed by atoms with E-state index in [1.807, 2.05) is 48.2 Å². The van der Waals surface area contributed by atoms with E-state index >= 15 is 0 Å². The first-order valence-electron chi connectivity index (χ1n) is 10.7. The second kappa shape index (κ2) is 13.1. The minimum atomic E-state index is 0. The number of hydrogen-bond donors (Lipinski definition) is 0. The summed E-state index contributed by atoms with van der Waals surface area (Å²) in [4.78, 5) is 31.0. The van der Waals surface area contributed by atoms with Crippen molar-refractivity contribution in [2.45, 2.75) is 13.3 Å². The van der Waals surface area contributed by atoms with Crippen LogP contribution in [0.3, 0.4) is 0 Å². The van der Waals surface area contributed by atoms with Gasteiger partial charge in [-0.05, 0) is 54.1 Å². The molecule has 1 aliphatic rings. The Balaban J connectivity index is 0.00000363. The largest absolute Gasteiger partial charge is 0.336 e. The predicted octanol–water partition coefficient (Wildman–Crippen LogP) is 4.48. The lowest BCUT2D eigenvalue weighted by molar-refractivity contribution is -0.115. The van der Waals surface area contributed by atoms with E-state index in [1.54, 1.807) is 23.7 Å². The van der Waals surface area contributed by atoms with E-state index in [0.29, 0.717) is 11.3 Å². The summed E-state index contributed by atoms with van der Waals surface area (Å²) in [5.74, 6) is 1.51. The standard InChI is InChI=1S/C24H30ClN3O2S.ClH/c1-3-31-18-23(29)26(2)22-10-6-20(7-11-22)24(30)28-16-14-27(15-17-28)13-12-19-4-8-21(25)9-5-19;/h4-11H,3,12-18H2,1-2H3;1H. The van der Waals surface area contributed by atoms with Crippen molar-refractivity contribution in [2.75, 3.05) is 56.2 Å². The highest BCUT2D eigenvalue weighted by Gasteiger charge is 2.22. The van der Waals surface area contributed by atoms with Gasteiger partial charge in [0.2, 0.25) is 5.91 Å². The lowest BCUT2D eigenvalue weighted by Crippen LogP contribution is -2.49. The Hall–Kier alpha value is -1.73. The number of nitrogens with zero attached hydrogens (tertiary/aromatic N) is 3. The van der Waals surface area contributed by atoms with Crippen LogP contribution in [0.1, 0.15) is 22.8 Å². The molecule has 0 atom stereocenters. The predicted molar refractivity (Wildman–Crippen MR) is 138 cm³/mol. The molecule has 0 saturated carbocycles. The number of amides is 2. The minimum Gasteiger partial charge on any atom is -0.336 e. The number of hydrogen-bond acceptors (Lipinski definition) is 4. The van der Waals surface area contributed by atoms with Gasteiger partial charge in [0.1, 0.15) is 0 Å². The molecule has 2 aromatic rings. The zero-order valence-corrected chi connectivity index (χ0v) is 21.0. The molecule has 174 valence electrons. The fourth-order valence-electron chi connectivity index (χ4n) is 3.55. The van der Waals surface area contributed by atoms with E-state index in [1.165, 1.54) is 5.56 Å². The Morgan fingerprint density at radius 2 is 1.62 bits per heavy atom. The molecule has 0 spiro atoms. The van der Waals surface area contributed by atoms with Crippen LogP contribution >= 0.6 is 35.8 Å². The van der Waals surface area contributed by atoms with Crippen molar-refractivity contribution in [1.29, 1.82) is 0 Å². The highest BCUT2D eigenvalue weighted by atomic mass is 35.5. The van der Waals surface area contributed by atoms with E-state index < -0.39 is 0 Å². The Morgan fingerprint density at radius 1 is 1.00 bits per heavy atom. The summed E-state index contributed by atoms with van der Waals surface area (Å²) in [5, 5.41) is 0.762. The molecule has 0 aliphatic carbocycles. The summed E-state index contributed by atoms with van der Waals surface area (Å²) in [7, 11) is 1.78. The van der Waals surface area contributed by atoms with Gasteiger partial charge in [-0.2, -0.15) is 11.8 Å². The van der Waals surface area contributed by atoms with Gasteiger partial charge in [0.15, 0.2) is 0 Å². The second-order valence-corrected chi connectivity index (χ2v) is 9.36. The number of rotatable bonds is 8. The van der Waals surface area contributed by atoms with Crippen molar-refractivity contribution in [3.05, 3.63) is 64.7 Å². The van der Waals surface area contributed by atoms with E-state index in [9.17, 15) is 9.59 Å². The first-order chi connectivity index (χ1) is 15.0. The number of piperazine rings is 1. The maximum atomic E-state index is 12.9. The molecular weight excluding hydrogens is 465 g/mol. The van der Waals surface area contributed by atoms with Gasteiger partial charge in [-0.15, -0.1) is 12.4 Å². The average Bonchev–Trinajstić information content (AvgIpc) is 2.81. The number of anilines is 1. The molecule has 32 heavy (non-hydrogen) atoms. The van der Waals surface area contributed by atoms with Gasteiger partial charge < -0.3 is 9.80 Å². The number of benzene rings is 2. The zero-order chi connectivity index (χ0) is 22.2. The van der Waals surface area contributed by atoms with Gasteiger partial charge in [0.05, 0.1) is 5.75 Å². The molecular formula is C24H31Cl2N3O2S. The van der Waals surface area contributed by atoms with Crippen LogP contribution in [0.4, 0.5) is 5.69 Å². The van der Waals surface area contributed by atoms with Crippen molar-refractivity contribution >= 4 is 53.3 Å². The fourth-order valence-corrected chi connectivity index (χ4v) is 4.25. The number of carbonyl (C=O) groups is 2. The molecule has 0 aromatic heterocycles. The van der Waals surface area contributed by atoms with Crippen LogP contribution in [-0.2, 0) is 11.2 Å². The van der Waals surface area contributed by atoms with Gasteiger partial charge in [-0.25, -0.2) is 0 Å². The van der Waals surface area contributed by atoms with E-state index in [-0.39, 0.29) is 24.2 Å². The minimum absolute atomic E-state index is 0. The van der Waals surface area contributed by atoms with E-state index in [0.717, 1.165) is 55.6 Å². The summed E-state index contributed by atoms with van der Waals surface area (Å²) < 4.78 is 0. The molecule has 1 saturated heterocycles. The lowest BCUT2D eigenvalue weighted by atomic mass is 10.1.